The molecule has 0 aliphatic carbocycles. The Balaban J connectivity index is 2.00. The zero-order chi connectivity index (χ0) is 13.0. The van der Waals surface area contributed by atoms with Gasteiger partial charge >= 0.3 is 0 Å². The van der Waals surface area contributed by atoms with Gasteiger partial charge in [0.1, 0.15) is 0 Å². The number of nitrogens with zero attached hydrogens (tertiary/aromatic N) is 2. The summed E-state index contributed by atoms with van der Waals surface area (Å²) in [5, 5.41) is 0. The largest absolute Gasteiger partial charge is 0.342 e. The maximum atomic E-state index is 11.4. The van der Waals surface area contributed by atoms with Crippen LogP contribution in [0.3, 0.4) is 0 Å². The maximum absolute atomic E-state index is 11.4. The van der Waals surface area contributed by atoms with E-state index in [2.05, 4.69) is 42.2 Å². The smallest absolute Gasteiger partial charge is 0.219 e. The van der Waals surface area contributed by atoms with E-state index in [1.807, 2.05) is 4.90 Å². The number of rotatable bonds is 2. The van der Waals surface area contributed by atoms with Gasteiger partial charge in [-0.1, -0.05) is 30.3 Å². The highest BCUT2D eigenvalue weighted by atomic mass is 16.2. The van der Waals surface area contributed by atoms with Crippen LogP contribution in [0.2, 0.25) is 0 Å². The average Bonchev–Trinajstić information content (AvgIpc) is 2.64. The van der Waals surface area contributed by atoms with Gasteiger partial charge in [0, 0.05) is 39.1 Å². The van der Waals surface area contributed by atoms with Gasteiger partial charge in [-0.2, -0.15) is 0 Å². The molecule has 1 aliphatic rings. The van der Waals surface area contributed by atoms with Crippen molar-refractivity contribution in [2.45, 2.75) is 26.3 Å². The van der Waals surface area contributed by atoms with E-state index in [0.717, 1.165) is 32.6 Å². The Morgan fingerprint density at radius 3 is 2.50 bits per heavy atom. The zero-order valence-corrected chi connectivity index (χ0v) is 11.3. The fourth-order valence-corrected chi connectivity index (χ4v) is 2.58. The second-order valence-corrected chi connectivity index (χ2v) is 4.98. The zero-order valence-electron chi connectivity index (χ0n) is 11.3. The summed E-state index contributed by atoms with van der Waals surface area (Å²) in [6.45, 7) is 7.70. The first-order chi connectivity index (χ1) is 8.68. The Kier molecular flexibility index (Phi) is 4.37. The van der Waals surface area contributed by atoms with Gasteiger partial charge in [0.2, 0.25) is 5.91 Å². The molecule has 0 aromatic heterocycles. The maximum Gasteiger partial charge on any atom is 0.219 e. The summed E-state index contributed by atoms with van der Waals surface area (Å²) in [4.78, 5) is 15.8. The standard InChI is InChI=1S/C15H22N2O/c1-13(15-7-4-3-5-8-15)16-9-6-10-17(12-11-16)14(2)18/h3-5,7-8,13H,6,9-12H2,1-2H3. The van der Waals surface area contributed by atoms with Crippen molar-refractivity contribution in [1.82, 2.24) is 9.80 Å². The summed E-state index contributed by atoms with van der Waals surface area (Å²) in [5.74, 6) is 0.198. The summed E-state index contributed by atoms with van der Waals surface area (Å²) < 4.78 is 0. The first kappa shape index (κ1) is 13.1. The van der Waals surface area contributed by atoms with E-state index in [1.165, 1.54) is 5.56 Å². The van der Waals surface area contributed by atoms with Crippen molar-refractivity contribution in [2.24, 2.45) is 0 Å². The van der Waals surface area contributed by atoms with Crippen LogP contribution in [0.15, 0.2) is 30.3 Å². The third kappa shape index (κ3) is 3.10. The Morgan fingerprint density at radius 1 is 1.11 bits per heavy atom. The lowest BCUT2D eigenvalue weighted by atomic mass is 10.1. The normalized spacial score (nSPS) is 19.3. The molecule has 1 fully saturated rings. The molecule has 0 radical (unpaired) electrons. The molecule has 1 unspecified atom stereocenters. The molecule has 2 rings (SSSR count). The molecule has 1 aromatic carbocycles. The van der Waals surface area contributed by atoms with Crippen LogP contribution in [-0.2, 0) is 4.79 Å². The quantitative estimate of drug-likeness (QED) is 0.799. The van der Waals surface area contributed by atoms with Gasteiger partial charge in [0.25, 0.3) is 0 Å². The Morgan fingerprint density at radius 2 is 1.83 bits per heavy atom. The third-order valence-corrected chi connectivity index (χ3v) is 3.81. The molecular weight excluding hydrogens is 224 g/mol. The van der Waals surface area contributed by atoms with Gasteiger partial charge in [-0.25, -0.2) is 0 Å². The predicted octanol–water partition coefficient (Wildman–Crippen LogP) is 2.30. The minimum Gasteiger partial charge on any atom is -0.342 e. The monoisotopic (exact) mass is 246 g/mol. The van der Waals surface area contributed by atoms with Crippen molar-refractivity contribution in [3.05, 3.63) is 35.9 Å². The van der Waals surface area contributed by atoms with E-state index in [4.69, 9.17) is 0 Å². The van der Waals surface area contributed by atoms with Crippen LogP contribution in [0.5, 0.6) is 0 Å². The number of hydrogen-bond donors (Lipinski definition) is 0. The van der Waals surface area contributed by atoms with Gasteiger partial charge in [0.15, 0.2) is 0 Å². The van der Waals surface area contributed by atoms with E-state index in [1.54, 1.807) is 6.92 Å². The van der Waals surface area contributed by atoms with Crippen LogP contribution in [0.1, 0.15) is 31.9 Å². The SMILES string of the molecule is CC(=O)N1CCCN(C(C)c2ccccc2)CC1. The van der Waals surface area contributed by atoms with Crippen molar-refractivity contribution < 1.29 is 4.79 Å². The Labute approximate surface area is 109 Å². The highest BCUT2D eigenvalue weighted by molar-refractivity contribution is 5.73. The number of hydrogen-bond acceptors (Lipinski definition) is 2. The Bertz CT molecular complexity index is 391. The molecule has 18 heavy (non-hydrogen) atoms. The molecule has 1 aromatic rings. The molecule has 1 saturated heterocycles. The summed E-state index contributed by atoms with van der Waals surface area (Å²) in [6, 6.07) is 11.0. The van der Waals surface area contributed by atoms with Crippen LogP contribution < -0.4 is 0 Å². The second-order valence-electron chi connectivity index (χ2n) is 4.98. The molecule has 3 nitrogen and oxygen atoms in total. The summed E-state index contributed by atoms with van der Waals surface area (Å²) in [6.07, 6.45) is 1.07. The molecule has 0 N–H and O–H groups in total. The van der Waals surface area contributed by atoms with Gasteiger partial charge < -0.3 is 4.90 Å². The van der Waals surface area contributed by atoms with Crippen molar-refractivity contribution in [2.75, 3.05) is 26.2 Å². The van der Waals surface area contributed by atoms with Gasteiger partial charge in [-0.15, -0.1) is 0 Å². The average molecular weight is 246 g/mol. The summed E-state index contributed by atoms with van der Waals surface area (Å²) >= 11 is 0. The lowest BCUT2D eigenvalue weighted by Crippen LogP contribution is -2.34. The van der Waals surface area contributed by atoms with Gasteiger partial charge in [-0.05, 0) is 18.9 Å². The number of carbonyl (C=O) groups excluding carboxylic acids is 1. The molecule has 0 bridgehead atoms. The van der Waals surface area contributed by atoms with Crippen LogP contribution in [0, 0.1) is 0 Å². The van der Waals surface area contributed by atoms with Crippen LogP contribution in [-0.4, -0.2) is 41.9 Å². The van der Waals surface area contributed by atoms with E-state index < -0.39 is 0 Å². The minimum absolute atomic E-state index is 0.198. The van der Waals surface area contributed by atoms with E-state index in [-0.39, 0.29) is 5.91 Å². The van der Waals surface area contributed by atoms with Crippen molar-refractivity contribution >= 4 is 5.91 Å². The minimum atomic E-state index is 0.198. The van der Waals surface area contributed by atoms with Crippen LogP contribution >= 0.6 is 0 Å². The Hall–Kier alpha value is -1.35. The molecular formula is C15H22N2O. The molecule has 1 amide bonds. The fourth-order valence-electron chi connectivity index (χ4n) is 2.58. The summed E-state index contributed by atoms with van der Waals surface area (Å²) in [5.41, 5.74) is 1.36. The fraction of sp³-hybridized carbons (Fsp3) is 0.533. The van der Waals surface area contributed by atoms with Crippen molar-refractivity contribution in [3.63, 3.8) is 0 Å². The molecule has 98 valence electrons. The van der Waals surface area contributed by atoms with E-state index >= 15 is 0 Å². The van der Waals surface area contributed by atoms with E-state index in [9.17, 15) is 4.79 Å². The number of amides is 1. The molecule has 3 heteroatoms. The van der Waals surface area contributed by atoms with Crippen molar-refractivity contribution in [1.29, 1.82) is 0 Å². The summed E-state index contributed by atoms with van der Waals surface area (Å²) in [7, 11) is 0. The molecule has 1 atom stereocenters. The highest BCUT2D eigenvalue weighted by Crippen LogP contribution is 2.21. The topological polar surface area (TPSA) is 23.6 Å². The number of carbonyl (C=O) groups is 1. The first-order valence-corrected chi connectivity index (χ1v) is 6.73. The van der Waals surface area contributed by atoms with Gasteiger partial charge in [-0.3, -0.25) is 9.69 Å². The number of benzene rings is 1. The van der Waals surface area contributed by atoms with Gasteiger partial charge in [0.05, 0.1) is 0 Å². The molecule has 0 spiro atoms. The predicted molar refractivity (Wildman–Crippen MR) is 73.3 cm³/mol. The third-order valence-electron chi connectivity index (χ3n) is 3.81. The van der Waals surface area contributed by atoms with Crippen LogP contribution in [0.4, 0.5) is 0 Å². The second kappa shape index (κ2) is 6.01. The van der Waals surface area contributed by atoms with Crippen LogP contribution in [0.25, 0.3) is 0 Å². The van der Waals surface area contributed by atoms with Crippen molar-refractivity contribution in [3.8, 4) is 0 Å². The first-order valence-electron chi connectivity index (χ1n) is 6.73. The highest BCUT2D eigenvalue weighted by Gasteiger charge is 2.20. The molecule has 1 heterocycles. The molecule has 0 saturated carbocycles. The van der Waals surface area contributed by atoms with E-state index in [0.29, 0.717) is 6.04 Å². The lowest BCUT2D eigenvalue weighted by Gasteiger charge is -2.28. The molecule has 1 aliphatic heterocycles. The lowest BCUT2D eigenvalue weighted by molar-refractivity contribution is -0.128.